The molecule has 3 N–H and O–H groups in total. The van der Waals surface area contributed by atoms with E-state index in [-0.39, 0.29) is 18.5 Å². The molecule has 1 aromatic carbocycles. The molecule has 140 valence electrons. The van der Waals surface area contributed by atoms with E-state index >= 15 is 0 Å². The number of imidazole rings is 1. The lowest BCUT2D eigenvalue weighted by Crippen LogP contribution is -2.20. The number of halogens is 1. The third-order valence-electron chi connectivity index (χ3n) is 3.96. The van der Waals surface area contributed by atoms with Crippen LogP contribution in [0, 0.1) is 11.3 Å². The second kappa shape index (κ2) is 7.97. The van der Waals surface area contributed by atoms with E-state index in [0.29, 0.717) is 28.2 Å². The van der Waals surface area contributed by atoms with E-state index in [2.05, 4.69) is 31.7 Å². The maximum atomic E-state index is 13.4. The van der Waals surface area contributed by atoms with Crippen molar-refractivity contribution < 1.29 is 9.50 Å². The van der Waals surface area contributed by atoms with Crippen molar-refractivity contribution in [2.75, 3.05) is 23.8 Å². The number of rotatable bonds is 7. The number of nitriles is 1. The molecule has 0 spiro atoms. The number of nitrogens with one attached hydrogen (secondary N) is 2. The van der Waals surface area contributed by atoms with Crippen molar-refractivity contribution in [3.63, 3.8) is 0 Å². The molecule has 0 saturated carbocycles. The second-order valence-corrected chi connectivity index (χ2v) is 6.26. The molecule has 0 aliphatic heterocycles. The number of nitrogens with zero attached hydrogens (tertiary/aromatic N) is 5. The van der Waals surface area contributed by atoms with Gasteiger partial charge in [-0.2, -0.15) is 15.2 Å². The van der Waals surface area contributed by atoms with Crippen LogP contribution >= 0.6 is 0 Å². The molecule has 8 nitrogen and oxygen atoms in total. The van der Waals surface area contributed by atoms with Crippen LogP contribution in [0.4, 0.5) is 21.8 Å². The van der Waals surface area contributed by atoms with Gasteiger partial charge in [-0.25, -0.2) is 9.37 Å². The van der Waals surface area contributed by atoms with Crippen LogP contribution in [0.5, 0.6) is 0 Å². The summed E-state index contributed by atoms with van der Waals surface area (Å²) in [6.45, 7) is 3.29. The topological polar surface area (TPSA) is 112 Å². The SMILES string of the molecule is CC(C)n1cnc2c(Nc3ccccc3C#N)nc(NCC(F)CO)nc21. The maximum Gasteiger partial charge on any atom is 0.226 e. The first-order valence-corrected chi connectivity index (χ1v) is 8.53. The third kappa shape index (κ3) is 3.96. The average molecular weight is 369 g/mol. The van der Waals surface area contributed by atoms with Crippen LogP contribution in [0.15, 0.2) is 30.6 Å². The molecule has 2 aromatic heterocycles. The molecule has 0 aliphatic rings. The standard InChI is InChI=1S/C18H20FN7O/c1-11(2)26-10-22-15-16(23-14-6-4-3-5-12(14)7-20)24-18(25-17(15)26)21-8-13(19)9-27/h3-6,10-11,13,27H,8-9H2,1-2H3,(H2,21,23,24,25). The van der Waals surface area contributed by atoms with Crippen molar-refractivity contribution in [2.24, 2.45) is 0 Å². The molecule has 0 amide bonds. The summed E-state index contributed by atoms with van der Waals surface area (Å²) in [5, 5.41) is 24.1. The summed E-state index contributed by atoms with van der Waals surface area (Å²) in [7, 11) is 0. The van der Waals surface area contributed by atoms with Gasteiger partial charge in [0.05, 0.1) is 30.7 Å². The minimum atomic E-state index is -1.42. The fraction of sp³-hybridized carbons (Fsp3) is 0.333. The molecule has 1 atom stereocenters. The van der Waals surface area contributed by atoms with E-state index in [9.17, 15) is 9.65 Å². The number of para-hydroxylation sites is 1. The first-order chi connectivity index (χ1) is 13.0. The van der Waals surface area contributed by atoms with Crippen LogP contribution < -0.4 is 10.6 Å². The van der Waals surface area contributed by atoms with Crippen LogP contribution in [-0.2, 0) is 0 Å². The highest BCUT2D eigenvalue weighted by atomic mass is 19.1. The molecule has 9 heteroatoms. The summed E-state index contributed by atoms with van der Waals surface area (Å²) in [4.78, 5) is 13.2. The van der Waals surface area contributed by atoms with Gasteiger partial charge in [0.15, 0.2) is 17.0 Å². The smallest absolute Gasteiger partial charge is 0.226 e. The number of alkyl halides is 1. The van der Waals surface area contributed by atoms with Crippen molar-refractivity contribution in [1.29, 1.82) is 5.26 Å². The van der Waals surface area contributed by atoms with Crippen molar-refractivity contribution in [3.8, 4) is 6.07 Å². The zero-order chi connectivity index (χ0) is 19.4. The fourth-order valence-electron chi connectivity index (χ4n) is 2.54. The minimum absolute atomic E-state index is 0.114. The number of benzene rings is 1. The number of aromatic nitrogens is 4. The van der Waals surface area contributed by atoms with Gasteiger partial charge < -0.3 is 20.3 Å². The molecular weight excluding hydrogens is 349 g/mol. The zero-order valence-electron chi connectivity index (χ0n) is 15.0. The van der Waals surface area contributed by atoms with Gasteiger partial charge in [-0.05, 0) is 26.0 Å². The summed E-state index contributed by atoms with van der Waals surface area (Å²) in [6.07, 6.45) is 0.246. The predicted octanol–water partition coefficient (Wildman–Crippen LogP) is 2.76. The second-order valence-electron chi connectivity index (χ2n) is 6.26. The summed E-state index contributed by atoms with van der Waals surface area (Å²) < 4.78 is 15.3. The van der Waals surface area contributed by atoms with Crippen molar-refractivity contribution >= 4 is 28.6 Å². The lowest BCUT2D eigenvalue weighted by Gasteiger charge is -2.13. The minimum Gasteiger partial charge on any atom is -0.393 e. The van der Waals surface area contributed by atoms with Gasteiger partial charge in [0.2, 0.25) is 5.95 Å². The van der Waals surface area contributed by atoms with E-state index < -0.39 is 12.8 Å². The fourth-order valence-corrected chi connectivity index (χ4v) is 2.54. The summed E-state index contributed by atoms with van der Waals surface area (Å²) in [5.41, 5.74) is 2.18. The van der Waals surface area contributed by atoms with Crippen molar-refractivity contribution in [1.82, 2.24) is 19.5 Å². The summed E-state index contributed by atoms with van der Waals surface area (Å²) in [5.74, 6) is 0.613. The Kier molecular flexibility index (Phi) is 5.47. The number of aliphatic hydroxyl groups excluding tert-OH is 1. The molecule has 3 aromatic rings. The van der Waals surface area contributed by atoms with E-state index in [0.717, 1.165) is 0 Å². The highest BCUT2D eigenvalue weighted by molar-refractivity contribution is 5.87. The third-order valence-corrected chi connectivity index (χ3v) is 3.96. The monoisotopic (exact) mass is 369 g/mol. The molecule has 0 aliphatic carbocycles. The van der Waals surface area contributed by atoms with Gasteiger partial charge >= 0.3 is 0 Å². The van der Waals surface area contributed by atoms with E-state index in [1.165, 1.54) is 0 Å². The summed E-state index contributed by atoms with van der Waals surface area (Å²) in [6, 6.07) is 9.28. The maximum absolute atomic E-state index is 13.4. The molecule has 0 saturated heterocycles. The van der Waals surface area contributed by atoms with E-state index in [1.54, 1.807) is 24.5 Å². The highest BCUT2D eigenvalue weighted by Crippen LogP contribution is 2.27. The Hall–Kier alpha value is -3.25. The van der Waals surface area contributed by atoms with Crippen LogP contribution in [0.25, 0.3) is 11.2 Å². The van der Waals surface area contributed by atoms with Crippen molar-refractivity contribution in [2.45, 2.75) is 26.1 Å². The number of fused-ring (bicyclic) bond motifs is 1. The van der Waals surface area contributed by atoms with Crippen LogP contribution in [-0.4, -0.2) is 43.9 Å². The predicted molar refractivity (Wildman–Crippen MR) is 101 cm³/mol. The number of hydrogen-bond donors (Lipinski definition) is 3. The average Bonchev–Trinajstić information content (AvgIpc) is 3.11. The van der Waals surface area contributed by atoms with Gasteiger partial charge in [0, 0.05) is 6.04 Å². The lowest BCUT2D eigenvalue weighted by atomic mass is 10.2. The van der Waals surface area contributed by atoms with Gasteiger partial charge in [-0.1, -0.05) is 12.1 Å². The largest absolute Gasteiger partial charge is 0.393 e. The molecule has 0 bridgehead atoms. The summed E-state index contributed by atoms with van der Waals surface area (Å²) >= 11 is 0. The lowest BCUT2D eigenvalue weighted by molar-refractivity contribution is 0.186. The Balaban J connectivity index is 2.05. The van der Waals surface area contributed by atoms with Crippen LogP contribution in [0.1, 0.15) is 25.5 Å². The van der Waals surface area contributed by atoms with Gasteiger partial charge in [-0.15, -0.1) is 0 Å². The van der Waals surface area contributed by atoms with Gasteiger partial charge in [0.25, 0.3) is 0 Å². The number of hydrogen-bond acceptors (Lipinski definition) is 7. The molecule has 2 heterocycles. The van der Waals surface area contributed by atoms with E-state index in [4.69, 9.17) is 5.11 Å². The molecule has 0 fully saturated rings. The molecule has 3 rings (SSSR count). The first kappa shape index (κ1) is 18.5. The molecule has 1 unspecified atom stereocenters. The Bertz CT molecular complexity index is 979. The van der Waals surface area contributed by atoms with Gasteiger partial charge in [-0.3, -0.25) is 0 Å². The number of aliphatic hydroxyl groups is 1. The van der Waals surface area contributed by atoms with Crippen LogP contribution in [0.3, 0.4) is 0 Å². The Morgan fingerprint density at radius 1 is 1.30 bits per heavy atom. The molecule has 27 heavy (non-hydrogen) atoms. The Morgan fingerprint density at radius 2 is 2.07 bits per heavy atom. The zero-order valence-corrected chi connectivity index (χ0v) is 15.0. The quantitative estimate of drug-likeness (QED) is 0.587. The number of anilines is 3. The Labute approximate surface area is 155 Å². The molecular formula is C18H20FN7O. The first-order valence-electron chi connectivity index (χ1n) is 8.53. The Morgan fingerprint density at radius 3 is 2.78 bits per heavy atom. The normalized spacial score (nSPS) is 12.1. The van der Waals surface area contributed by atoms with Crippen LogP contribution in [0.2, 0.25) is 0 Å². The molecule has 0 radical (unpaired) electrons. The van der Waals surface area contributed by atoms with E-state index in [1.807, 2.05) is 24.5 Å². The van der Waals surface area contributed by atoms with Crippen molar-refractivity contribution in [3.05, 3.63) is 36.2 Å². The highest BCUT2D eigenvalue weighted by Gasteiger charge is 2.16. The van der Waals surface area contributed by atoms with Gasteiger partial charge in [0.1, 0.15) is 12.2 Å².